The molecule has 0 radical (unpaired) electrons. The number of amides is 2. The maximum absolute atomic E-state index is 13.1. The van der Waals surface area contributed by atoms with Crippen molar-refractivity contribution in [2.45, 2.75) is 19.3 Å². The molecule has 188 valence electrons. The molecule has 1 atom stereocenters. The molecule has 0 aliphatic carbocycles. The standard InChI is InChI=1S/C30H26N6O2/c1-19-11-13-22(14-12-19)31-30(37)32-27-18-21(23-9-5-6-10-25(23)29-33-35-36-34-29)17-26-24(15-16-38-28(26)27)20-7-3-2-4-8-20/h2-14,17-18,24H,15-16H2,1H3,(H2,31,32,37)(H,33,34,35,36)/t24-/m1/s1. The zero-order valence-corrected chi connectivity index (χ0v) is 20.8. The molecule has 38 heavy (non-hydrogen) atoms. The summed E-state index contributed by atoms with van der Waals surface area (Å²) in [5, 5.41) is 20.6. The average Bonchev–Trinajstić information content (AvgIpc) is 3.49. The van der Waals surface area contributed by atoms with Gasteiger partial charge in [-0.25, -0.2) is 4.79 Å². The van der Waals surface area contributed by atoms with Crippen LogP contribution in [-0.4, -0.2) is 33.3 Å². The van der Waals surface area contributed by atoms with Crippen molar-refractivity contribution in [3.05, 3.63) is 108 Å². The van der Waals surface area contributed by atoms with Crippen LogP contribution in [0, 0.1) is 6.92 Å². The molecule has 2 amide bonds. The number of hydrogen-bond donors (Lipinski definition) is 3. The number of hydrogen-bond acceptors (Lipinski definition) is 5. The van der Waals surface area contributed by atoms with Crippen LogP contribution in [-0.2, 0) is 0 Å². The molecule has 4 aromatic carbocycles. The Bertz CT molecular complexity index is 1570. The molecule has 0 saturated heterocycles. The average molecular weight is 503 g/mol. The van der Waals surface area contributed by atoms with E-state index in [0.29, 0.717) is 29.6 Å². The summed E-state index contributed by atoms with van der Waals surface area (Å²) in [6, 6.07) is 29.7. The number of ether oxygens (including phenoxy) is 1. The van der Waals surface area contributed by atoms with Gasteiger partial charge in [0.1, 0.15) is 5.75 Å². The smallest absolute Gasteiger partial charge is 0.323 e. The van der Waals surface area contributed by atoms with Crippen molar-refractivity contribution in [2.24, 2.45) is 0 Å². The fraction of sp³-hybridized carbons (Fsp3) is 0.133. The zero-order valence-electron chi connectivity index (χ0n) is 20.8. The predicted octanol–water partition coefficient (Wildman–Crippen LogP) is 6.40. The first-order valence-electron chi connectivity index (χ1n) is 12.5. The van der Waals surface area contributed by atoms with E-state index >= 15 is 0 Å². The quantitative estimate of drug-likeness (QED) is 0.258. The Morgan fingerprint density at radius 3 is 2.45 bits per heavy atom. The van der Waals surface area contributed by atoms with Gasteiger partial charge in [-0.1, -0.05) is 72.3 Å². The second-order valence-electron chi connectivity index (χ2n) is 9.27. The van der Waals surface area contributed by atoms with Crippen molar-refractivity contribution in [1.82, 2.24) is 20.6 Å². The van der Waals surface area contributed by atoms with Gasteiger partial charge in [-0.15, -0.1) is 10.2 Å². The second-order valence-corrected chi connectivity index (χ2v) is 9.27. The molecule has 0 unspecified atom stereocenters. The summed E-state index contributed by atoms with van der Waals surface area (Å²) in [6.45, 7) is 2.56. The molecule has 1 aliphatic heterocycles. The number of rotatable bonds is 5. The fourth-order valence-electron chi connectivity index (χ4n) is 4.91. The van der Waals surface area contributed by atoms with Gasteiger partial charge in [0, 0.05) is 22.7 Å². The van der Waals surface area contributed by atoms with E-state index in [1.54, 1.807) is 0 Å². The number of benzene rings is 4. The van der Waals surface area contributed by atoms with E-state index in [1.807, 2.05) is 79.7 Å². The Labute approximate surface area is 220 Å². The van der Waals surface area contributed by atoms with Gasteiger partial charge in [-0.05, 0) is 59.5 Å². The lowest BCUT2D eigenvalue weighted by Gasteiger charge is -2.29. The van der Waals surface area contributed by atoms with Crippen LogP contribution < -0.4 is 15.4 Å². The summed E-state index contributed by atoms with van der Waals surface area (Å²) in [7, 11) is 0. The highest BCUT2D eigenvalue weighted by molar-refractivity contribution is 6.01. The molecule has 1 aromatic heterocycles. The monoisotopic (exact) mass is 502 g/mol. The number of fused-ring (bicyclic) bond motifs is 1. The summed E-state index contributed by atoms with van der Waals surface area (Å²) in [6.07, 6.45) is 0.835. The molecule has 2 heterocycles. The van der Waals surface area contributed by atoms with Crippen LogP contribution in [0.4, 0.5) is 16.2 Å². The highest BCUT2D eigenvalue weighted by Gasteiger charge is 2.28. The summed E-state index contributed by atoms with van der Waals surface area (Å²) in [5.74, 6) is 1.31. The topological polar surface area (TPSA) is 105 Å². The first kappa shape index (κ1) is 23.4. The van der Waals surface area contributed by atoms with Crippen molar-refractivity contribution in [1.29, 1.82) is 0 Å². The lowest BCUT2D eigenvalue weighted by Crippen LogP contribution is -2.22. The number of anilines is 2. The minimum Gasteiger partial charge on any atom is -0.491 e. The Morgan fingerprint density at radius 1 is 0.921 bits per heavy atom. The van der Waals surface area contributed by atoms with Crippen molar-refractivity contribution >= 4 is 17.4 Å². The van der Waals surface area contributed by atoms with Crippen LogP contribution in [0.1, 0.15) is 29.0 Å². The number of carbonyl (C=O) groups excluding carboxylic acids is 1. The van der Waals surface area contributed by atoms with Crippen LogP contribution in [0.15, 0.2) is 91.0 Å². The largest absolute Gasteiger partial charge is 0.491 e. The first-order chi connectivity index (χ1) is 18.7. The van der Waals surface area contributed by atoms with Crippen LogP contribution in [0.3, 0.4) is 0 Å². The predicted molar refractivity (Wildman–Crippen MR) is 147 cm³/mol. The normalized spacial score (nSPS) is 14.3. The molecule has 3 N–H and O–H groups in total. The Morgan fingerprint density at radius 2 is 1.68 bits per heavy atom. The van der Waals surface area contributed by atoms with Crippen molar-refractivity contribution < 1.29 is 9.53 Å². The van der Waals surface area contributed by atoms with E-state index in [-0.39, 0.29) is 11.9 Å². The molecular weight excluding hydrogens is 476 g/mol. The van der Waals surface area contributed by atoms with E-state index in [4.69, 9.17) is 4.74 Å². The lowest BCUT2D eigenvalue weighted by molar-refractivity contribution is 0.261. The molecular formula is C30H26N6O2. The number of aromatic amines is 1. The highest BCUT2D eigenvalue weighted by Crippen LogP contribution is 2.46. The molecule has 1 aliphatic rings. The number of urea groups is 1. The molecule has 5 aromatic rings. The molecule has 0 spiro atoms. The van der Waals surface area contributed by atoms with E-state index < -0.39 is 0 Å². The van der Waals surface area contributed by atoms with Crippen LogP contribution >= 0.6 is 0 Å². The number of H-pyrrole nitrogens is 1. The van der Waals surface area contributed by atoms with E-state index in [2.05, 4.69) is 49.5 Å². The molecule has 0 bridgehead atoms. The molecule has 0 fully saturated rings. The fourth-order valence-corrected chi connectivity index (χ4v) is 4.91. The number of carbonyl (C=O) groups is 1. The molecule has 8 nitrogen and oxygen atoms in total. The molecule has 6 rings (SSSR count). The zero-order chi connectivity index (χ0) is 25.9. The maximum Gasteiger partial charge on any atom is 0.323 e. The minimum atomic E-state index is -0.343. The van der Waals surface area contributed by atoms with E-state index in [1.165, 1.54) is 5.56 Å². The summed E-state index contributed by atoms with van der Waals surface area (Å²) in [4.78, 5) is 13.1. The third-order valence-electron chi connectivity index (χ3n) is 6.73. The van der Waals surface area contributed by atoms with Crippen molar-refractivity contribution in [3.8, 4) is 28.3 Å². The van der Waals surface area contributed by atoms with Gasteiger partial charge in [-0.2, -0.15) is 5.21 Å². The maximum atomic E-state index is 13.1. The van der Waals surface area contributed by atoms with Crippen LogP contribution in [0.25, 0.3) is 22.5 Å². The first-order valence-corrected chi connectivity index (χ1v) is 12.5. The molecule has 8 heteroatoms. The van der Waals surface area contributed by atoms with E-state index in [9.17, 15) is 4.79 Å². The van der Waals surface area contributed by atoms with E-state index in [0.717, 1.165) is 34.2 Å². The summed E-state index contributed by atoms with van der Waals surface area (Å²) < 4.78 is 6.18. The highest BCUT2D eigenvalue weighted by atomic mass is 16.5. The Hall–Kier alpha value is -4.98. The van der Waals surface area contributed by atoms with Gasteiger partial charge >= 0.3 is 6.03 Å². The Kier molecular flexibility index (Phi) is 6.27. The molecule has 0 saturated carbocycles. The third kappa shape index (κ3) is 4.71. The van der Waals surface area contributed by atoms with Gasteiger partial charge < -0.3 is 15.4 Å². The number of aryl methyl sites for hydroxylation is 1. The van der Waals surface area contributed by atoms with Gasteiger partial charge in [-0.3, -0.25) is 0 Å². The van der Waals surface area contributed by atoms with Crippen molar-refractivity contribution in [2.75, 3.05) is 17.2 Å². The summed E-state index contributed by atoms with van der Waals surface area (Å²) in [5.41, 5.74) is 7.35. The van der Waals surface area contributed by atoms with Gasteiger partial charge in [0.05, 0.1) is 12.3 Å². The second kappa shape index (κ2) is 10.2. The van der Waals surface area contributed by atoms with Crippen molar-refractivity contribution in [3.63, 3.8) is 0 Å². The van der Waals surface area contributed by atoms with Gasteiger partial charge in [0.15, 0.2) is 0 Å². The number of nitrogens with one attached hydrogen (secondary N) is 3. The minimum absolute atomic E-state index is 0.123. The Balaban J connectivity index is 1.45. The number of nitrogens with zero attached hydrogens (tertiary/aromatic N) is 3. The number of aromatic nitrogens is 4. The van der Waals surface area contributed by atoms with Gasteiger partial charge in [0.2, 0.25) is 5.82 Å². The van der Waals surface area contributed by atoms with Crippen LogP contribution in [0.2, 0.25) is 0 Å². The number of tetrazole rings is 1. The summed E-state index contributed by atoms with van der Waals surface area (Å²) >= 11 is 0. The third-order valence-corrected chi connectivity index (χ3v) is 6.73. The SMILES string of the molecule is Cc1ccc(NC(=O)Nc2cc(-c3ccccc3-c3nn[nH]n3)cc3c2OCC[C@@H]3c2ccccc2)cc1. The van der Waals surface area contributed by atoms with Crippen LogP contribution in [0.5, 0.6) is 5.75 Å². The van der Waals surface area contributed by atoms with Gasteiger partial charge in [0.25, 0.3) is 0 Å². The lowest BCUT2D eigenvalue weighted by atomic mass is 9.84.